The zero-order valence-corrected chi connectivity index (χ0v) is 11.0. The Kier molecular flexibility index (Phi) is 7.06. The van der Waals surface area contributed by atoms with E-state index in [1.165, 1.54) is 51.4 Å². The van der Waals surface area contributed by atoms with Crippen LogP contribution in [-0.4, -0.2) is 23.8 Å². The zero-order chi connectivity index (χ0) is 11.8. The summed E-state index contributed by atoms with van der Waals surface area (Å²) in [6.45, 7) is 5.27. The minimum Gasteiger partial charge on any atom is -0.392 e. The lowest BCUT2D eigenvalue weighted by molar-refractivity contribution is 0.105. The van der Waals surface area contributed by atoms with Crippen molar-refractivity contribution in [1.82, 2.24) is 5.32 Å². The highest BCUT2D eigenvalue weighted by Gasteiger charge is 2.23. The van der Waals surface area contributed by atoms with E-state index in [9.17, 15) is 5.11 Å². The van der Waals surface area contributed by atoms with Crippen molar-refractivity contribution in [3.63, 3.8) is 0 Å². The zero-order valence-electron chi connectivity index (χ0n) is 11.0. The molecule has 2 N–H and O–H groups in total. The number of rotatable bonds is 8. The Morgan fingerprint density at radius 3 is 2.50 bits per heavy atom. The highest BCUT2D eigenvalue weighted by atomic mass is 16.3. The van der Waals surface area contributed by atoms with Gasteiger partial charge in [-0.25, -0.2) is 0 Å². The van der Waals surface area contributed by atoms with Gasteiger partial charge in [-0.15, -0.1) is 0 Å². The number of hydrogen-bond acceptors (Lipinski definition) is 2. The lowest BCUT2D eigenvalue weighted by atomic mass is 10.00. The molecule has 2 atom stereocenters. The molecule has 16 heavy (non-hydrogen) atoms. The molecule has 96 valence electrons. The Morgan fingerprint density at radius 1 is 1.25 bits per heavy atom. The molecule has 2 heteroatoms. The summed E-state index contributed by atoms with van der Waals surface area (Å²) in [5, 5.41) is 13.6. The van der Waals surface area contributed by atoms with Gasteiger partial charge in [-0.1, -0.05) is 39.5 Å². The third-order valence-corrected chi connectivity index (χ3v) is 3.96. The maximum Gasteiger partial charge on any atom is 0.0692 e. The second-order valence-electron chi connectivity index (χ2n) is 5.27. The SMILES string of the molecule is CCCCC(CC)NCC(O)C1CCCC1. The summed E-state index contributed by atoms with van der Waals surface area (Å²) in [5.74, 6) is 0.566. The van der Waals surface area contributed by atoms with Crippen LogP contribution in [0, 0.1) is 5.92 Å². The summed E-state index contributed by atoms with van der Waals surface area (Å²) in [4.78, 5) is 0. The fourth-order valence-electron chi connectivity index (χ4n) is 2.70. The molecule has 0 aromatic heterocycles. The molecule has 0 bridgehead atoms. The minimum atomic E-state index is -0.113. The predicted octanol–water partition coefficient (Wildman–Crippen LogP) is 3.10. The summed E-state index contributed by atoms with van der Waals surface area (Å²) in [6, 6.07) is 0.607. The average Bonchev–Trinajstić information content (AvgIpc) is 2.82. The number of unbranched alkanes of at least 4 members (excludes halogenated alkanes) is 1. The molecule has 0 heterocycles. The average molecular weight is 227 g/mol. The van der Waals surface area contributed by atoms with E-state index in [4.69, 9.17) is 0 Å². The van der Waals surface area contributed by atoms with Crippen LogP contribution in [0.2, 0.25) is 0 Å². The normalized spacial score (nSPS) is 21.2. The van der Waals surface area contributed by atoms with E-state index in [2.05, 4.69) is 19.2 Å². The van der Waals surface area contributed by atoms with Gasteiger partial charge in [0.15, 0.2) is 0 Å². The maximum absolute atomic E-state index is 10.1. The van der Waals surface area contributed by atoms with Crippen LogP contribution in [0.25, 0.3) is 0 Å². The van der Waals surface area contributed by atoms with Gasteiger partial charge in [0.1, 0.15) is 0 Å². The molecule has 2 nitrogen and oxygen atoms in total. The van der Waals surface area contributed by atoms with Crippen LogP contribution >= 0.6 is 0 Å². The van der Waals surface area contributed by atoms with Crippen LogP contribution in [0.5, 0.6) is 0 Å². The van der Waals surface area contributed by atoms with Crippen molar-refractivity contribution >= 4 is 0 Å². The fourth-order valence-corrected chi connectivity index (χ4v) is 2.70. The molecule has 0 aromatic rings. The van der Waals surface area contributed by atoms with E-state index in [0.29, 0.717) is 12.0 Å². The lowest BCUT2D eigenvalue weighted by Gasteiger charge is -2.22. The van der Waals surface area contributed by atoms with Gasteiger partial charge < -0.3 is 10.4 Å². The fraction of sp³-hybridized carbons (Fsp3) is 1.00. The van der Waals surface area contributed by atoms with Gasteiger partial charge in [-0.2, -0.15) is 0 Å². The monoisotopic (exact) mass is 227 g/mol. The van der Waals surface area contributed by atoms with E-state index in [0.717, 1.165) is 6.54 Å². The molecule has 1 aliphatic carbocycles. The summed E-state index contributed by atoms with van der Waals surface area (Å²) < 4.78 is 0. The van der Waals surface area contributed by atoms with Gasteiger partial charge in [0.2, 0.25) is 0 Å². The van der Waals surface area contributed by atoms with Crippen molar-refractivity contribution in [3.8, 4) is 0 Å². The first-order valence-electron chi connectivity index (χ1n) is 7.19. The lowest BCUT2D eigenvalue weighted by Crippen LogP contribution is -2.38. The molecule has 2 unspecified atom stereocenters. The summed E-state index contributed by atoms with van der Waals surface area (Å²) >= 11 is 0. The van der Waals surface area contributed by atoms with Crippen LogP contribution in [0.15, 0.2) is 0 Å². The molecule has 0 amide bonds. The molecule has 1 saturated carbocycles. The largest absolute Gasteiger partial charge is 0.392 e. The molecule has 1 aliphatic rings. The van der Waals surface area contributed by atoms with Crippen molar-refractivity contribution in [2.24, 2.45) is 5.92 Å². The highest BCUT2D eigenvalue weighted by Crippen LogP contribution is 2.27. The third kappa shape index (κ3) is 4.84. The van der Waals surface area contributed by atoms with Crippen LogP contribution in [0.1, 0.15) is 65.2 Å². The van der Waals surface area contributed by atoms with Crippen molar-refractivity contribution in [1.29, 1.82) is 0 Å². The van der Waals surface area contributed by atoms with Crippen LogP contribution in [0.4, 0.5) is 0 Å². The Balaban J connectivity index is 2.14. The van der Waals surface area contributed by atoms with E-state index in [-0.39, 0.29) is 6.10 Å². The Bertz CT molecular complexity index is 166. The highest BCUT2D eigenvalue weighted by molar-refractivity contribution is 4.77. The molecule has 0 spiro atoms. The van der Waals surface area contributed by atoms with Gasteiger partial charge in [-0.3, -0.25) is 0 Å². The number of aliphatic hydroxyl groups excluding tert-OH is 1. The van der Waals surface area contributed by atoms with Gasteiger partial charge in [0.05, 0.1) is 6.10 Å². The van der Waals surface area contributed by atoms with E-state index < -0.39 is 0 Å². The van der Waals surface area contributed by atoms with Crippen LogP contribution < -0.4 is 5.32 Å². The van der Waals surface area contributed by atoms with Crippen molar-refractivity contribution in [2.75, 3.05) is 6.54 Å². The molecule has 0 radical (unpaired) electrons. The summed E-state index contributed by atoms with van der Waals surface area (Å²) in [6.07, 6.45) is 9.97. The molecule has 1 fully saturated rings. The molecule has 0 aromatic carbocycles. The number of nitrogens with one attached hydrogen (secondary N) is 1. The van der Waals surface area contributed by atoms with Crippen molar-refractivity contribution in [3.05, 3.63) is 0 Å². The first kappa shape index (κ1) is 14.0. The van der Waals surface area contributed by atoms with E-state index >= 15 is 0 Å². The first-order valence-corrected chi connectivity index (χ1v) is 7.19. The smallest absolute Gasteiger partial charge is 0.0692 e. The van der Waals surface area contributed by atoms with Crippen molar-refractivity contribution in [2.45, 2.75) is 77.4 Å². The molecular weight excluding hydrogens is 198 g/mol. The first-order chi connectivity index (χ1) is 7.77. The molecular formula is C14H29NO. The second-order valence-corrected chi connectivity index (χ2v) is 5.27. The summed E-state index contributed by atoms with van der Waals surface area (Å²) in [7, 11) is 0. The molecule has 0 aliphatic heterocycles. The number of hydrogen-bond donors (Lipinski definition) is 2. The topological polar surface area (TPSA) is 32.3 Å². The van der Waals surface area contributed by atoms with Gasteiger partial charge >= 0.3 is 0 Å². The minimum absolute atomic E-state index is 0.113. The Hall–Kier alpha value is -0.0800. The van der Waals surface area contributed by atoms with Crippen LogP contribution in [-0.2, 0) is 0 Å². The van der Waals surface area contributed by atoms with Gasteiger partial charge in [0, 0.05) is 12.6 Å². The van der Waals surface area contributed by atoms with Crippen molar-refractivity contribution < 1.29 is 5.11 Å². The maximum atomic E-state index is 10.1. The Morgan fingerprint density at radius 2 is 1.94 bits per heavy atom. The molecule has 1 rings (SSSR count). The standard InChI is InChI=1S/C14H29NO/c1-3-5-10-13(4-2)15-11-14(16)12-8-6-7-9-12/h12-16H,3-11H2,1-2H3. The second kappa shape index (κ2) is 8.08. The van der Waals surface area contributed by atoms with Crippen LogP contribution in [0.3, 0.4) is 0 Å². The van der Waals surface area contributed by atoms with E-state index in [1.54, 1.807) is 0 Å². The van der Waals surface area contributed by atoms with Gasteiger partial charge in [-0.05, 0) is 31.6 Å². The third-order valence-electron chi connectivity index (χ3n) is 3.96. The number of aliphatic hydroxyl groups is 1. The summed E-state index contributed by atoms with van der Waals surface area (Å²) in [5.41, 5.74) is 0. The molecule has 0 saturated heterocycles. The Labute approximate surface area is 101 Å². The van der Waals surface area contributed by atoms with Gasteiger partial charge in [0.25, 0.3) is 0 Å². The van der Waals surface area contributed by atoms with E-state index in [1.807, 2.05) is 0 Å². The quantitative estimate of drug-likeness (QED) is 0.668. The predicted molar refractivity (Wildman–Crippen MR) is 69.6 cm³/mol.